The number of amides is 1. The number of nitrogens with one attached hydrogen (secondary N) is 1. The van der Waals surface area contributed by atoms with Gasteiger partial charge in [-0.15, -0.1) is 11.8 Å². The van der Waals surface area contributed by atoms with E-state index in [0.717, 1.165) is 11.3 Å². The van der Waals surface area contributed by atoms with Gasteiger partial charge >= 0.3 is 0 Å². The third-order valence-corrected chi connectivity index (χ3v) is 4.50. The van der Waals surface area contributed by atoms with E-state index in [1.54, 1.807) is 11.8 Å². The number of rotatable bonds is 5. The molecule has 2 rings (SSSR count). The molecular formula is C17H20N2OS. The third-order valence-electron chi connectivity index (χ3n) is 3.18. The topological polar surface area (TPSA) is 55.1 Å². The minimum absolute atomic E-state index is 0.171. The van der Waals surface area contributed by atoms with Gasteiger partial charge in [0.15, 0.2) is 0 Å². The molecule has 0 saturated heterocycles. The van der Waals surface area contributed by atoms with Gasteiger partial charge in [0.25, 0.3) is 5.91 Å². The molecule has 2 aromatic rings. The highest BCUT2D eigenvalue weighted by Gasteiger charge is 2.20. The molecule has 21 heavy (non-hydrogen) atoms. The number of carbonyl (C=O) groups excluding carboxylic acids is 1. The second-order valence-corrected chi connectivity index (χ2v) is 6.20. The van der Waals surface area contributed by atoms with Crippen LogP contribution in [-0.4, -0.2) is 5.91 Å². The number of aryl methyl sites for hydroxylation is 2. The van der Waals surface area contributed by atoms with Crippen molar-refractivity contribution in [3.8, 4) is 0 Å². The second kappa shape index (κ2) is 7.29. The van der Waals surface area contributed by atoms with Gasteiger partial charge in [-0.25, -0.2) is 5.84 Å². The van der Waals surface area contributed by atoms with Crippen molar-refractivity contribution in [2.75, 3.05) is 0 Å². The lowest BCUT2D eigenvalue weighted by atomic mass is 10.1. The van der Waals surface area contributed by atoms with Gasteiger partial charge in [-0.1, -0.05) is 59.7 Å². The highest BCUT2D eigenvalue weighted by Crippen LogP contribution is 2.32. The molecule has 4 heteroatoms. The Balaban J connectivity index is 2.14. The van der Waals surface area contributed by atoms with Crippen LogP contribution in [0.5, 0.6) is 0 Å². The van der Waals surface area contributed by atoms with E-state index in [0.29, 0.717) is 0 Å². The Hall–Kier alpha value is -1.78. The van der Waals surface area contributed by atoms with Gasteiger partial charge in [0.05, 0.1) is 0 Å². The number of thioether (sulfide) groups is 1. The minimum Gasteiger partial charge on any atom is -0.293 e. The summed E-state index contributed by atoms with van der Waals surface area (Å²) in [5.41, 5.74) is 6.94. The number of hydrazine groups is 1. The van der Waals surface area contributed by atoms with Crippen LogP contribution >= 0.6 is 11.8 Å². The van der Waals surface area contributed by atoms with E-state index >= 15 is 0 Å². The van der Waals surface area contributed by atoms with Gasteiger partial charge in [-0.3, -0.25) is 10.2 Å². The van der Waals surface area contributed by atoms with Crippen molar-refractivity contribution in [1.82, 2.24) is 5.43 Å². The first-order valence-corrected chi connectivity index (χ1v) is 7.89. The molecule has 2 aromatic carbocycles. The van der Waals surface area contributed by atoms with E-state index in [2.05, 4.69) is 37.5 Å². The lowest BCUT2D eigenvalue weighted by Crippen LogP contribution is -2.33. The van der Waals surface area contributed by atoms with E-state index in [-0.39, 0.29) is 11.2 Å². The summed E-state index contributed by atoms with van der Waals surface area (Å²) in [7, 11) is 0. The average Bonchev–Trinajstić information content (AvgIpc) is 2.47. The van der Waals surface area contributed by atoms with Crippen LogP contribution < -0.4 is 11.3 Å². The molecule has 0 fully saturated rings. The lowest BCUT2D eigenvalue weighted by Gasteiger charge is -2.15. The van der Waals surface area contributed by atoms with Crippen molar-refractivity contribution >= 4 is 17.7 Å². The molecule has 1 unspecified atom stereocenters. The Labute approximate surface area is 129 Å². The normalized spacial score (nSPS) is 12.0. The second-order valence-electron chi connectivity index (χ2n) is 5.11. The van der Waals surface area contributed by atoms with Gasteiger partial charge in [0.1, 0.15) is 5.25 Å². The standard InChI is InChI=1S/C17H20N2OS/c1-12-8-13(2)10-14(9-12)11-21-16(17(20)19-18)15-6-4-3-5-7-15/h3-10,16H,11,18H2,1-2H3,(H,19,20). The third kappa shape index (κ3) is 4.34. The minimum atomic E-state index is -0.294. The number of hydrogen-bond acceptors (Lipinski definition) is 3. The Bertz CT molecular complexity index is 593. The quantitative estimate of drug-likeness (QED) is 0.506. The van der Waals surface area contributed by atoms with E-state index < -0.39 is 0 Å². The maximum absolute atomic E-state index is 12.0. The molecule has 0 aliphatic rings. The molecule has 0 aromatic heterocycles. The van der Waals surface area contributed by atoms with Gasteiger partial charge in [0, 0.05) is 5.75 Å². The summed E-state index contributed by atoms with van der Waals surface area (Å²) >= 11 is 1.59. The van der Waals surface area contributed by atoms with Crippen LogP contribution in [0.1, 0.15) is 27.5 Å². The van der Waals surface area contributed by atoms with Gasteiger partial charge in [-0.2, -0.15) is 0 Å². The van der Waals surface area contributed by atoms with E-state index in [9.17, 15) is 4.79 Å². The molecule has 3 nitrogen and oxygen atoms in total. The Kier molecular flexibility index (Phi) is 5.42. The van der Waals surface area contributed by atoms with E-state index in [1.165, 1.54) is 16.7 Å². The van der Waals surface area contributed by atoms with Gasteiger partial charge in [-0.05, 0) is 25.0 Å². The van der Waals surface area contributed by atoms with Gasteiger partial charge in [0.2, 0.25) is 0 Å². The zero-order valence-electron chi connectivity index (χ0n) is 12.3. The molecule has 0 bridgehead atoms. The molecule has 110 valence electrons. The van der Waals surface area contributed by atoms with Crippen LogP contribution in [0.2, 0.25) is 0 Å². The van der Waals surface area contributed by atoms with Crippen molar-refractivity contribution in [2.24, 2.45) is 5.84 Å². The van der Waals surface area contributed by atoms with Crippen LogP contribution in [0.4, 0.5) is 0 Å². The predicted molar refractivity (Wildman–Crippen MR) is 88.7 cm³/mol. The summed E-state index contributed by atoms with van der Waals surface area (Å²) in [5.74, 6) is 5.92. The summed E-state index contributed by atoms with van der Waals surface area (Å²) in [4.78, 5) is 12.0. The zero-order valence-corrected chi connectivity index (χ0v) is 13.1. The first-order chi connectivity index (χ1) is 10.1. The lowest BCUT2D eigenvalue weighted by molar-refractivity contribution is -0.120. The van der Waals surface area contributed by atoms with Crippen LogP contribution in [0.15, 0.2) is 48.5 Å². The fraction of sp³-hybridized carbons (Fsp3) is 0.235. The van der Waals surface area contributed by atoms with Gasteiger partial charge < -0.3 is 0 Å². The van der Waals surface area contributed by atoms with Crippen LogP contribution in [-0.2, 0) is 10.5 Å². The molecule has 3 N–H and O–H groups in total. The Morgan fingerprint density at radius 2 is 1.76 bits per heavy atom. The number of nitrogens with two attached hydrogens (primary N) is 1. The van der Waals surface area contributed by atoms with Crippen LogP contribution in [0.3, 0.4) is 0 Å². The molecule has 0 aliphatic carbocycles. The summed E-state index contributed by atoms with van der Waals surface area (Å²) in [5, 5.41) is -0.294. The summed E-state index contributed by atoms with van der Waals surface area (Å²) in [6.45, 7) is 4.17. The van der Waals surface area contributed by atoms with Crippen molar-refractivity contribution in [3.63, 3.8) is 0 Å². The molecule has 1 amide bonds. The largest absolute Gasteiger partial charge is 0.293 e. The fourth-order valence-corrected chi connectivity index (χ4v) is 3.45. The first-order valence-electron chi connectivity index (χ1n) is 6.84. The molecule has 0 aliphatic heterocycles. The summed E-state index contributed by atoms with van der Waals surface area (Å²) < 4.78 is 0. The highest BCUT2D eigenvalue weighted by atomic mass is 32.2. The monoisotopic (exact) mass is 300 g/mol. The molecular weight excluding hydrogens is 280 g/mol. The number of hydrogen-bond donors (Lipinski definition) is 2. The summed E-state index contributed by atoms with van der Waals surface area (Å²) in [6, 6.07) is 16.2. The molecule has 0 radical (unpaired) electrons. The van der Waals surface area contributed by atoms with Crippen molar-refractivity contribution in [3.05, 3.63) is 70.8 Å². The molecule has 0 saturated carbocycles. The van der Waals surface area contributed by atoms with E-state index in [4.69, 9.17) is 5.84 Å². The molecule has 0 spiro atoms. The SMILES string of the molecule is Cc1cc(C)cc(CSC(C(=O)NN)c2ccccc2)c1. The fourth-order valence-electron chi connectivity index (χ4n) is 2.36. The maximum atomic E-state index is 12.0. The smallest absolute Gasteiger partial charge is 0.251 e. The maximum Gasteiger partial charge on any atom is 0.251 e. The van der Waals surface area contributed by atoms with Crippen molar-refractivity contribution < 1.29 is 4.79 Å². The predicted octanol–water partition coefficient (Wildman–Crippen LogP) is 3.27. The van der Waals surface area contributed by atoms with E-state index in [1.807, 2.05) is 30.3 Å². The Morgan fingerprint density at radius 1 is 1.14 bits per heavy atom. The summed E-state index contributed by atoms with van der Waals surface area (Å²) in [6.07, 6.45) is 0. The van der Waals surface area contributed by atoms with Crippen LogP contribution in [0, 0.1) is 13.8 Å². The van der Waals surface area contributed by atoms with Crippen molar-refractivity contribution in [2.45, 2.75) is 24.9 Å². The molecule has 1 atom stereocenters. The first kappa shape index (κ1) is 15.6. The van der Waals surface area contributed by atoms with Crippen LogP contribution in [0.25, 0.3) is 0 Å². The highest BCUT2D eigenvalue weighted by molar-refractivity contribution is 7.99. The number of benzene rings is 2. The zero-order chi connectivity index (χ0) is 15.2. The van der Waals surface area contributed by atoms with Crippen molar-refractivity contribution in [1.29, 1.82) is 0 Å². The molecule has 0 heterocycles. The number of carbonyl (C=O) groups is 1. The average molecular weight is 300 g/mol. The Morgan fingerprint density at radius 3 is 2.33 bits per heavy atom.